The summed E-state index contributed by atoms with van der Waals surface area (Å²) in [7, 11) is 0. The van der Waals surface area contributed by atoms with E-state index in [1.54, 1.807) is 26.0 Å². The van der Waals surface area contributed by atoms with Gasteiger partial charge in [-0.05, 0) is 50.2 Å². The van der Waals surface area contributed by atoms with Gasteiger partial charge in [0.2, 0.25) is 5.69 Å². The molecule has 0 saturated heterocycles. The van der Waals surface area contributed by atoms with Crippen molar-refractivity contribution < 1.29 is 23.9 Å². The van der Waals surface area contributed by atoms with Crippen LogP contribution in [0.4, 0.5) is 11.4 Å². The summed E-state index contributed by atoms with van der Waals surface area (Å²) < 4.78 is 9.77. The zero-order chi connectivity index (χ0) is 18.2. The highest BCUT2D eigenvalue weighted by molar-refractivity contribution is 5.90. The molecule has 0 radical (unpaired) electrons. The average Bonchev–Trinajstić information content (AvgIpc) is 2.63. The fourth-order valence-electron chi connectivity index (χ4n) is 1.98. The first-order valence-corrected chi connectivity index (χ1v) is 7.78. The SMILES string of the molecule is CCOC(=O)c1ccc(N=[N+]([O-])c2ccc(C(=O)OCC)cc2)cc1. The minimum atomic E-state index is -0.446. The molecule has 0 amide bonds. The molecule has 0 saturated carbocycles. The standard InChI is InChI=1S/C18H18N2O5/c1-3-24-17(21)13-5-9-15(10-6-13)19-20(23)16-11-7-14(8-12-16)18(22)25-4-2/h5-12H,3-4H2,1-2H3. The zero-order valence-corrected chi connectivity index (χ0v) is 14.0. The highest BCUT2D eigenvalue weighted by Crippen LogP contribution is 2.19. The number of carbonyl (C=O) groups excluding carboxylic acids is 2. The highest BCUT2D eigenvalue weighted by atomic mass is 16.5. The second kappa shape index (κ2) is 8.58. The molecule has 25 heavy (non-hydrogen) atoms. The van der Waals surface area contributed by atoms with Gasteiger partial charge in [-0.2, -0.15) is 0 Å². The topological polar surface area (TPSA) is 91.0 Å². The quantitative estimate of drug-likeness (QED) is 0.343. The van der Waals surface area contributed by atoms with Crippen LogP contribution in [0.2, 0.25) is 0 Å². The van der Waals surface area contributed by atoms with Crippen molar-refractivity contribution in [2.24, 2.45) is 5.11 Å². The molecular formula is C18H18N2O5. The van der Waals surface area contributed by atoms with E-state index in [-0.39, 0.29) is 12.3 Å². The Balaban J connectivity index is 2.12. The van der Waals surface area contributed by atoms with Gasteiger partial charge >= 0.3 is 11.9 Å². The van der Waals surface area contributed by atoms with Crippen molar-refractivity contribution in [2.75, 3.05) is 13.2 Å². The second-order valence-corrected chi connectivity index (χ2v) is 4.91. The summed E-state index contributed by atoms with van der Waals surface area (Å²) in [4.78, 5) is 23.6. The molecule has 7 heteroatoms. The lowest BCUT2D eigenvalue weighted by Gasteiger charge is -2.03. The van der Waals surface area contributed by atoms with Crippen molar-refractivity contribution >= 4 is 23.3 Å². The van der Waals surface area contributed by atoms with E-state index in [2.05, 4.69) is 5.11 Å². The van der Waals surface area contributed by atoms with Crippen LogP contribution in [-0.4, -0.2) is 30.0 Å². The molecule has 130 valence electrons. The van der Waals surface area contributed by atoms with Crippen LogP contribution in [0.5, 0.6) is 0 Å². The van der Waals surface area contributed by atoms with Crippen LogP contribution in [0.3, 0.4) is 0 Å². The van der Waals surface area contributed by atoms with Crippen molar-refractivity contribution in [3.63, 3.8) is 0 Å². The van der Waals surface area contributed by atoms with Crippen LogP contribution >= 0.6 is 0 Å². The lowest BCUT2D eigenvalue weighted by atomic mass is 10.2. The van der Waals surface area contributed by atoms with Gasteiger partial charge in [-0.15, -0.1) is 0 Å². The van der Waals surface area contributed by atoms with E-state index in [0.29, 0.717) is 28.3 Å². The Labute approximate surface area is 145 Å². The van der Waals surface area contributed by atoms with E-state index in [4.69, 9.17) is 9.47 Å². The molecule has 0 spiro atoms. The summed E-state index contributed by atoms with van der Waals surface area (Å²) in [6, 6.07) is 12.1. The second-order valence-electron chi connectivity index (χ2n) is 4.91. The maximum Gasteiger partial charge on any atom is 0.338 e. The van der Waals surface area contributed by atoms with Gasteiger partial charge in [-0.25, -0.2) is 9.59 Å². The first-order chi connectivity index (χ1) is 12.0. The van der Waals surface area contributed by atoms with Gasteiger partial charge in [0.05, 0.1) is 24.3 Å². The number of nitrogens with zero attached hydrogens (tertiary/aromatic N) is 2. The smallest absolute Gasteiger partial charge is 0.338 e. The Morgan fingerprint density at radius 2 is 1.32 bits per heavy atom. The first-order valence-electron chi connectivity index (χ1n) is 7.78. The van der Waals surface area contributed by atoms with E-state index in [1.165, 1.54) is 36.4 Å². The van der Waals surface area contributed by atoms with Gasteiger partial charge in [-0.3, -0.25) is 0 Å². The zero-order valence-electron chi connectivity index (χ0n) is 14.0. The van der Waals surface area contributed by atoms with Crippen molar-refractivity contribution in [3.05, 3.63) is 64.9 Å². The molecule has 0 N–H and O–H groups in total. The average molecular weight is 342 g/mol. The number of ether oxygens (including phenoxy) is 2. The minimum Gasteiger partial charge on any atom is -0.594 e. The number of benzene rings is 2. The third-order valence-corrected chi connectivity index (χ3v) is 3.18. The molecule has 0 fully saturated rings. The number of azo groups is 1. The summed E-state index contributed by atoms with van der Waals surface area (Å²) in [5.74, 6) is -0.874. The maximum atomic E-state index is 12.1. The summed E-state index contributed by atoms with van der Waals surface area (Å²) in [5.41, 5.74) is 1.40. The molecule has 0 aliphatic carbocycles. The third-order valence-electron chi connectivity index (χ3n) is 3.18. The fraction of sp³-hybridized carbons (Fsp3) is 0.222. The minimum absolute atomic E-state index is 0.266. The molecule has 0 unspecified atom stereocenters. The van der Waals surface area contributed by atoms with Crippen molar-refractivity contribution in [3.8, 4) is 0 Å². The number of hydrogen-bond donors (Lipinski definition) is 0. The molecule has 0 atom stereocenters. The molecular weight excluding hydrogens is 324 g/mol. The van der Waals surface area contributed by atoms with E-state index in [0.717, 1.165) is 0 Å². The van der Waals surface area contributed by atoms with Gasteiger partial charge in [0.15, 0.2) is 0 Å². The molecule has 0 aliphatic rings. The van der Waals surface area contributed by atoms with E-state index in [9.17, 15) is 14.8 Å². The monoisotopic (exact) mass is 342 g/mol. The van der Waals surface area contributed by atoms with Gasteiger partial charge in [-0.1, -0.05) is 4.86 Å². The van der Waals surface area contributed by atoms with Gasteiger partial charge in [0, 0.05) is 17.2 Å². The van der Waals surface area contributed by atoms with Crippen molar-refractivity contribution in [1.29, 1.82) is 0 Å². The summed E-state index contributed by atoms with van der Waals surface area (Å²) in [6.45, 7) is 4.02. The highest BCUT2D eigenvalue weighted by Gasteiger charge is 2.10. The molecule has 0 aromatic heterocycles. The number of rotatable bonds is 6. The first kappa shape index (κ1) is 18.1. The van der Waals surface area contributed by atoms with E-state index < -0.39 is 11.9 Å². The normalized spacial score (nSPS) is 11.0. The lowest BCUT2D eigenvalue weighted by molar-refractivity contribution is -0.435. The van der Waals surface area contributed by atoms with Crippen molar-refractivity contribution in [2.45, 2.75) is 13.8 Å². The Morgan fingerprint density at radius 1 is 0.880 bits per heavy atom. The Morgan fingerprint density at radius 3 is 1.76 bits per heavy atom. The Bertz CT molecular complexity index is 767. The largest absolute Gasteiger partial charge is 0.594 e. The maximum absolute atomic E-state index is 12.1. The predicted octanol–water partition coefficient (Wildman–Crippen LogP) is 3.97. The number of esters is 2. The third kappa shape index (κ3) is 4.87. The van der Waals surface area contributed by atoms with Crippen LogP contribution in [-0.2, 0) is 9.47 Å². The van der Waals surface area contributed by atoms with Gasteiger partial charge in [0.1, 0.15) is 5.69 Å². The number of carbonyl (C=O) groups is 2. The fourth-order valence-corrected chi connectivity index (χ4v) is 1.98. The lowest BCUT2D eigenvalue weighted by Crippen LogP contribution is -2.04. The summed E-state index contributed by atoms with van der Waals surface area (Å²) in [6.07, 6.45) is 0. The number of hydrogen-bond acceptors (Lipinski definition) is 6. The van der Waals surface area contributed by atoms with Crippen LogP contribution in [0.25, 0.3) is 0 Å². The molecule has 2 aromatic carbocycles. The van der Waals surface area contributed by atoms with Crippen LogP contribution in [0, 0.1) is 5.21 Å². The van der Waals surface area contributed by atoms with E-state index in [1.807, 2.05) is 0 Å². The predicted molar refractivity (Wildman–Crippen MR) is 90.2 cm³/mol. The Hall–Kier alpha value is -3.22. The molecule has 0 aliphatic heterocycles. The summed E-state index contributed by atoms with van der Waals surface area (Å²) >= 11 is 0. The van der Waals surface area contributed by atoms with Gasteiger partial charge < -0.3 is 14.7 Å². The van der Waals surface area contributed by atoms with E-state index >= 15 is 0 Å². The summed E-state index contributed by atoms with van der Waals surface area (Å²) in [5, 5.41) is 16.0. The Kier molecular flexibility index (Phi) is 6.22. The molecule has 0 heterocycles. The molecule has 0 bridgehead atoms. The molecule has 2 aromatic rings. The van der Waals surface area contributed by atoms with Crippen LogP contribution < -0.4 is 0 Å². The molecule has 7 nitrogen and oxygen atoms in total. The van der Waals surface area contributed by atoms with Crippen molar-refractivity contribution in [1.82, 2.24) is 0 Å². The van der Waals surface area contributed by atoms with Crippen LogP contribution in [0.15, 0.2) is 53.6 Å². The van der Waals surface area contributed by atoms with Gasteiger partial charge in [0.25, 0.3) is 0 Å². The van der Waals surface area contributed by atoms with Crippen LogP contribution in [0.1, 0.15) is 34.6 Å². The molecule has 2 rings (SSSR count).